The smallest absolute Gasteiger partial charge is 0.315 e. The fraction of sp³-hybridized carbons (Fsp3) is 0.467. The zero-order valence-corrected chi connectivity index (χ0v) is 12.1. The van der Waals surface area contributed by atoms with E-state index < -0.39 is 0 Å². The summed E-state index contributed by atoms with van der Waals surface area (Å²) in [6, 6.07) is 9.13. The van der Waals surface area contributed by atoms with Crippen LogP contribution >= 0.6 is 0 Å². The molecule has 5 nitrogen and oxygen atoms in total. The monoisotopic (exact) mass is 275 g/mol. The SMILES string of the molecule is CC(C)(C)NC(=O)N[C@H]1CC(=O)N(c2ccccc2)C1. The highest BCUT2D eigenvalue weighted by molar-refractivity contribution is 5.96. The number of nitrogens with zero attached hydrogens (tertiary/aromatic N) is 1. The van der Waals surface area contributed by atoms with Crippen LogP contribution in [0.4, 0.5) is 10.5 Å². The molecular formula is C15H21N3O2. The maximum absolute atomic E-state index is 12.0. The van der Waals surface area contributed by atoms with Crippen LogP contribution in [0.2, 0.25) is 0 Å². The molecule has 1 heterocycles. The summed E-state index contributed by atoms with van der Waals surface area (Å²) in [5, 5.41) is 5.69. The van der Waals surface area contributed by atoms with Gasteiger partial charge in [0.2, 0.25) is 5.91 Å². The van der Waals surface area contributed by atoms with Crippen LogP contribution in [0.5, 0.6) is 0 Å². The molecule has 0 bridgehead atoms. The highest BCUT2D eigenvalue weighted by Gasteiger charge is 2.31. The Bertz CT molecular complexity index is 494. The van der Waals surface area contributed by atoms with Gasteiger partial charge in [0.1, 0.15) is 0 Å². The van der Waals surface area contributed by atoms with E-state index >= 15 is 0 Å². The van der Waals surface area contributed by atoms with Crippen molar-refractivity contribution >= 4 is 17.6 Å². The molecule has 3 amide bonds. The first-order valence-corrected chi connectivity index (χ1v) is 6.79. The lowest BCUT2D eigenvalue weighted by molar-refractivity contribution is -0.117. The molecule has 1 aromatic carbocycles. The maximum Gasteiger partial charge on any atom is 0.315 e. The number of hydrogen-bond donors (Lipinski definition) is 2. The van der Waals surface area contributed by atoms with Gasteiger partial charge in [-0.1, -0.05) is 18.2 Å². The van der Waals surface area contributed by atoms with Crippen LogP contribution < -0.4 is 15.5 Å². The summed E-state index contributed by atoms with van der Waals surface area (Å²) in [5.74, 6) is 0.0391. The van der Waals surface area contributed by atoms with Crippen molar-refractivity contribution in [1.82, 2.24) is 10.6 Å². The number of hydrogen-bond acceptors (Lipinski definition) is 2. The molecular weight excluding hydrogens is 254 g/mol. The van der Waals surface area contributed by atoms with E-state index in [0.29, 0.717) is 13.0 Å². The average molecular weight is 275 g/mol. The third kappa shape index (κ3) is 3.73. The van der Waals surface area contributed by atoms with Crippen LogP contribution in [0, 0.1) is 0 Å². The molecule has 1 aromatic rings. The van der Waals surface area contributed by atoms with Gasteiger partial charge in [0.05, 0.1) is 6.04 Å². The van der Waals surface area contributed by atoms with Gasteiger partial charge in [-0.25, -0.2) is 4.79 Å². The molecule has 5 heteroatoms. The second-order valence-corrected chi connectivity index (χ2v) is 6.09. The van der Waals surface area contributed by atoms with Crippen molar-refractivity contribution < 1.29 is 9.59 Å². The number of amides is 3. The predicted octanol–water partition coefficient (Wildman–Crippen LogP) is 1.89. The lowest BCUT2D eigenvalue weighted by Crippen LogP contribution is -2.50. The van der Waals surface area contributed by atoms with Gasteiger partial charge in [-0.15, -0.1) is 0 Å². The molecule has 20 heavy (non-hydrogen) atoms. The van der Waals surface area contributed by atoms with Crippen molar-refractivity contribution in [1.29, 1.82) is 0 Å². The van der Waals surface area contributed by atoms with E-state index in [-0.39, 0.29) is 23.5 Å². The summed E-state index contributed by atoms with van der Waals surface area (Å²) in [4.78, 5) is 25.5. The zero-order chi connectivity index (χ0) is 14.8. The Labute approximate surface area is 119 Å². The van der Waals surface area contributed by atoms with E-state index in [9.17, 15) is 9.59 Å². The Morgan fingerprint density at radius 2 is 1.90 bits per heavy atom. The van der Waals surface area contributed by atoms with Crippen LogP contribution in [0.15, 0.2) is 30.3 Å². The van der Waals surface area contributed by atoms with Gasteiger partial charge in [0.25, 0.3) is 0 Å². The Kier molecular flexibility index (Phi) is 3.97. The van der Waals surface area contributed by atoms with Gasteiger partial charge in [0, 0.05) is 24.2 Å². The van der Waals surface area contributed by atoms with Crippen LogP contribution in [-0.4, -0.2) is 30.1 Å². The number of carbonyl (C=O) groups is 2. The number of rotatable bonds is 2. The predicted molar refractivity (Wildman–Crippen MR) is 78.6 cm³/mol. The summed E-state index contributed by atoms with van der Waals surface area (Å²) in [6.07, 6.45) is 0.340. The van der Waals surface area contributed by atoms with Gasteiger partial charge >= 0.3 is 6.03 Å². The van der Waals surface area contributed by atoms with Crippen molar-refractivity contribution in [2.45, 2.75) is 38.8 Å². The van der Waals surface area contributed by atoms with E-state index in [1.165, 1.54) is 0 Å². The maximum atomic E-state index is 12.0. The molecule has 0 aliphatic carbocycles. The Morgan fingerprint density at radius 3 is 2.50 bits per heavy atom. The van der Waals surface area contributed by atoms with Gasteiger partial charge in [0.15, 0.2) is 0 Å². The minimum Gasteiger partial charge on any atom is -0.334 e. The third-order valence-electron chi connectivity index (χ3n) is 3.02. The summed E-state index contributed by atoms with van der Waals surface area (Å²) < 4.78 is 0. The highest BCUT2D eigenvalue weighted by Crippen LogP contribution is 2.20. The first kappa shape index (κ1) is 14.4. The zero-order valence-electron chi connectivity index (χ0n) is 12.1. The van der Waals surface area contributed by atoms with E-state index in [0.717, 1.165) is 5.69 Å². The van der Waals surface area contributed by atoms with Crippen molar-refractivity contribution in [3.05, 3.63) is 30.3 Å². The number of nitrogens with one attached hydrogen (secondary N) is 2. The number of carbonyl (C=O) groups excluding carboxylic acids is 2. The molecule has 1 aliphatic rings. The quantitative estimate of drug-likeness (QED) is 0.866. The first-order chi connectivity index (χ1) is 9.35. The molecule has 2 N–H and O–H groups in total. The van der Waals surface area contributed by atoms with Crippen LogP contribution in [0.3, 0.4) is 0 Å². The molecule has 0 unspecified atom stereocenters. The van der Waals surface area contributed by atoms with Crippen LogP contribution in [-0.2, 0) is 4.79 Å². The van der Waals surface area contributed by atoms with Crippen LogP contribution in [0.25, 0.3) is 0 Å². The lowest BCUT2D eigenvalue weighted by Gasteiger charge is -2.22. The Balaban J connectivity index is 1.94. The Hall–Kier alpha value is -2.04. The molecule has 2 rings (SSSR count). The molecule has 1 fully saturated rings. The highest BCUT2D eigenvalue weighted by atomic mass is 16.2. The molecule has 0 saturated carbocycles. The Morgan fingerprint density at radius 1 is 1.25 bits per heavy atom. The number of anilines is 1. The normalized spacial score (nSPS) is 19.1. The van der Waals surface area contributed by atoms with E-state index in [2.05, 4.69) is 10.6 Å². The van der Waals surface area contributed by atoms with E-state index in [4.69, 9.17) is 0 Å². The summed E-state index contributed by atoms with van der Waals surface area (Å²) in [5.41, 5.74) is 0.587. The van der Waals surface area contributed by atoms with Crippen molar-refractivity contribution in [2.75, 3.05) is 11.4 Å². The topological polar surface area (TPSA) is 61.4 Å². The second-order valence-electron chi connectivity index (χ2n) is 6.09. The second kappa shape index (κ2) is 5.53. The van der Waals surface area contributed by atoms with Gasteiger partial charge in [-0.3, -0.25) is 4.79 Å². The third-order valence-corrected chi connectivity index (χ3v) is 3.02. The number of urea groups is 1. The number of benzene rings is 1. The summed E-state index contributed by atoms with van der Waals surface area (Å²) in [6.45, 7) is 6.27. The minimum atomic E-state index is -0.286. The molecule has 0 spiro atoms. The van der Waals surface area contributed by atoms with Crippen molar-refractivity contribution in [3.63, 3.8) is 0 Å². The molecule has 108 valence electrons. The molecule has 0 radical (unpaired) electrons. The fourth-order valence-electron chi connectivity index (χ4n) is 2.22. The van der Waals surface area contributed by atoms with Gasteiger partial charge in [-0.2, -0.15) is 0 Å². The largest absolute Gasteiger partial charge is 0.334 e. The molecule has 1 aliphatic heterocycles. The molecule has 1 saturated heterocycles. The summed E-state index contributed by atoms with van der Waals surface area (Å²) in [7, 11) is 0. The summed E-state index contributed by atoms with van der Waals surface area (Å²) >= 11 is 0. The molecule has 0 aromatic heterocycles. The lowest BCUT2D eigenvalue weighted by atomic mass is 10.1. The molecule has 1 atom stereocenters. The van der Waals surface area contributed by atoms with E-state index in [1.807, 2.05) is 51.1 Å². The minimum absolute atomic E-state index is 0.0391. The van der Waals surface area contributed by atoms with Crippen molar-refractivity contribution in [2.24, 2.45) is 0 Å². The van der Waals surface area contributed by atoms with E-state index in [1.54, 1.807) is 4.90 Å². The fourth-order valence-corrected chi connectivity index (χ4v) is 2.22. The number of para-hydroxylation sites is 1. The van der Waals surface area contributed by atoms with Gasteiger partial charge in [-0.05, 0) is 32.9 Å². The first-order valence-electron chi connectivity index (χ1n) is 6.79. The van der Waals surface area contributed by atoms with Gasteiger partial charge < -0.3 is 15.5 Å². The van der Waals surface area contributed by atoms with Crippen molar-refractivity contribution in [3.8, 4) is 0 Å². The standard InChI is InChI=1S/C15H21N3O2/c1-15(2,3)17-14(20)16-11-9-13(19)18(10-11)12-7-5-4-6-8-12/h4-8,11H,9-10H2,1-3H3,(H2,16,17,20)/t11-/m0/s1. The average Bonchev–Trinajstić information content (AvgIpc) is 2.68. The van der Waals surface area contributed by atoms with Crippen LogP contribution in [0.1, 0.15) is 27.2 Å².